The molecule has 16 heavy (non-hydrogen) atoms. The molecule has 88 valence electrons. The lowest BCUT2D eigenvalue weighted by Gasteiger charge is -2.25. The van der Waals surface area contributed by atoms with Gasteiger partial charge >= 0.3 is 5.97 Å². The van der Waals surface area contributed by atoms with Crippen LogP contribution in [0.1, 0.15) is 30.3 Å². The van der Waals surface area contributed by atoms with Crippen LogP contribution in [0.25, 0.3) is 0 Å². The lowest BCUT2D eigenvalue weighted by Crippen LogP contribution is -2.34. The normalized spacial score (nSPS) is 17.7. The van der Waals surface area contributed by atoms with Crippen molar-refractivity contribution in [3.05, 3.63) is 24.0 Å². The van der Waals surface area contributed by atoms with Crippen LogP contribution in [0.15, 0.2) is 18.3 Å². The summed E-state index contributed by atoms with van der Waals surface area (Å²) in [6.07, 6.45) is 4.39. The molecule has 0 aromatic carbocycles. The third-order valence-corrected chi connectivity index (χ3v) is 3.33. The van der Waals surface area contributed by atoms with Gasteiger partial charge in [-0.2, -0.15) is 0 Å². The maximum atomic E-state index is 10.9. The third kappa shape index (κ3) is 2.27. The number of carboxylic acid groups (broad SMARTS) is 1. The number of hydrogen-bond acceptors (Lipinski definition) is 2. The summed E-state index contributed by atoms with van der Waals surface area (Å²) in [5.74, 6) is -0.855. The van der Waals surface area contributed by atoms with E-state index in [0.717, 1.165) is 6.54 Å². The second-order valence-corrected chi connectivity index (χ2v) is 4.60. The van der Waals surface area contributed by atoms with Gasteiger partial charge in [0.15, 0.2) is 0 Å². The third-order valence-electron chi connectivity index (χ3n) is 3.33. The first-order chi connectivity index (χ1) is 7.59. The van der Waals surface area contributed by atoms with Crippen LogP contribution >= 0.6 is 0 Å². The maximum Gasteiger partial charge on any atom is 0.352 e. The Bertz CT molecular complexity index is 382. The van der Waals surface area contributed by atoms with Crippen LogP contribution in [0.3, 0.4) is 0 Å². The van der Waals surface area contributed by atoms with E-state index in [4.69, 9.17) is 5.11 Å². The molecule has 0 bridgehead atoms. The Hall–Kier alpha value is -1.29. The van der Waals surface area contributed by atoms with Crippen molar-refractivity contribution in [1.82, 2.24) is 9.47 Å². The molecule has 1 heterocycles. The maximum absolute atomic E-state index is 10.9. The van der Waals surface area contributed by atoms with E-state index in [2.05, 4.69) is 18.9 Å². The number of carbonyl (C=O) groups is 1. The number of nitrogens with zero attached hydrogens (tertiary/aromatic N) is 2. The fraction of sp³-hybridized carbons (Fsp3) is 0.583. The topological polar surface area (TPSA) is 45.5 Å². The lowest BCUT2D eigenvalue weighted by atomic mass is 10.3. The Morgan fingerprint density at radius 3 is 2.94 bits per heavy atom. The van der Waals surface area contributed by atoms with Crippen LogP contribution in [0.2, 0.25) is 0 Å². The zero-order valence-corrected chi connectivity index (χ0v) is 9.76. The van der Waals surface area contributed by atoms with Crippen molar-refractivity contribution in [2.24, 2.45) is 0 Å². The van der Waals surface area contributed by atoms with Crippen molar-refractivity contribution in [3.63, 3.8) is 0 Å². The molecule has 1 saturated carbocycles. The summed E-state index contributed by atoms with van der Waals surface area (Å²) in [6.45, 7) is 2.88. The molecule has 1 unspecified atom stereocenters. The Labute approximate surface area is 95.5 Å². The van der Waals surface area contributed by atoms with Crippen LogP contribution in [-0.4, -0.2) is 39.7 Å². The van der Waals surface area contributed by atoms with Crippen molar-refractivity contribution in [2.75, 3.05) is 7.05 Å². The zero-order valence-electron chi connectivity index (χ0n) is 9.76. The molecule has 0 aliphatic heterocycles. The number of carboxylic acids is 1. The smallest absolute Gasteiger partial charge is 0.352 e. The molecule has 1 atom stereocenters. The molecule has 1 aliphatic rings. The molecule has 0 radical (unpaired) electrons. The van der Waals surface area contributed by atoms with Gasteiger partial charge in [-0.3, -0.25) is 4.90 Å². The van der Waals surface area contributed by atoms with E-state index in [9.17, 15) is 4.79 Å². The van der Waals surface area contributed by atoms with Gasteiger partial charge in [0.05, 0.1) is 0 Å². The molecule has 1 fully saturated rings. The molecule has 4 heteroatoms. The van der Waals surface area contributed by atoms with Crippen LogP contribution in [0, 0.1) is 0 Å². The molecule has 2 rings (SSSR count). The van der Waals surface area contributed by atoms with Gasteiger partial charge < -0.3 is 9.67 Å². The average Bonchev–Trinajstić information content (AvgIpc) is 2.97. The summed E-state index contributed by atoms with van der Waals surface area (Å²) in [7, 11) is 2.12. The van der Waals surface area contributed by atoms with E-state index in [1.807, 2.05) is 10.8 Å². The monoisotopic (exact) mass is 222 g/mol. The van der Waals surface area contributed by atoms with E-state index >= 15 is 0 Å². The van der Waals surface area contributed by atoms with E-state index in [1.54, 1.807) is 12.1 Å². The van der Waals surface area contributed by atoms with E-state index in [-0.39, 0.29) is 0 Å². The quantitative estimate of drug-likeness (QED) is 0.824. The van der Waals surface area contributed by atoms with Crippen LogP contribution in [0.5, 0.6) is 0 Å². The predicted octanol–water partition coefficient (Wildman–Crippen LogP) is 1.67. The van der Waals surface area contributed by atoms with Gasteiger partial charge in [0.25, 0.3) is 0 Å². The summed E-state index contributed by atoms with van der Waals surface area (Å²) in [5, 5.41) is 8.99. The predicted molar refractivity (Wildman–Crippen MR) is 61.6 cm³/mol. The molecule has 0 amide bonds. The lowest BCUT2D eigenvalue weighted by molar-refractivity contribution is 0.0683. The van der Waals surface area contributed by atoms with Crippen molar-refractivity contribution < 1.29 is 9.90 Å². The summed E-state index contributed by atoms with van der Waals surface area (Å²) >= 11 is 0. The van der Waals surface area contributed by atoms with Gasteiger partial charge in [0, 0.05) is 24.8 Å². The van der Waals surface area contributed by atoms with E-state index < -0.39 is 5.97 Å². The highest BCUT2D eigenvalue weighted by Gasteiger charge is 2.29. The number of rotatable bonds is 5. The first-order valence-corrected chi connectivity index (χ1v) is 5.70. The fourth-order valence-electron chi connectivity index (χ4n) is 2.02. The van der Waals surface area contributed by atoms with Gasteiger partial charge in [-0.05, 0) is 38.9 Å². The van der Waals surface area contributed by atoms with Gasteiger partial charge in [0.1, 0.15) is 5.69 Å². The SMILES string of the molecule is CC(Cn1cccc1C(=O)O)N(C)C1CC1. The largest absolute Gasteiger partial charge is 0.477 e. The van der Waals surface area contributed by atoms with Crippen molar-refractivity contribution in [3.8, 4) is 0 Å². The Morgan fingerprint density at radius 2 is 2.38 bits per heavy atom. The molecule has 0 saturated heterocycles. The van der Waals surface area contributed by atoms with Gasteiger partial charge in [-0.15, -0.1) is 0 Å². The molecular formula is C12H18N2O2. The van der Waals surface area contributed by atoms with Gasteiger partial charge in [0.2, 0.25) is 0 Å². The number of hydrogen-bond donors (Lipinski definition) is 1. The minimum Gasteiger partial charge on any atom is -0.477 e. The second-order valence-electron chi connectivity index (χ2n) is 4.60. The highest BCUT2D eigenvalue weighted by molar-refractivity contribution is 5.85. The van der Waals surface area contributed by atoms with Crippen LogP contribution < -0.4 is 0 Å². The highest BCUT2D eigenvalue weighted by Crippen LogP contribution is 2.27. The minimum atomic E-state index is -0.855. The molecule has 1 aliphatic carbocycles. The Balaban J connectivity index is 2.02. The first kappa shape index (κ1) is 11.2. The van der Waals surface area contributed by atoms with Crippen LogP contribution in [0.4, 0.5) is 0 Å². The number of aromatic nitrogens is 1. The molecular weight excluding hydrogens is 204 g/mol. The van der Waals surface area contributed by atoms with E-state index in [0.29, 0.717) is 17.8 Å². The molecule has 1 aromatic rings. The minimum absolute atomic E-state index is 0.371. The van der Waals surface area contributed by atoms with Crippen molar-refractivity contribution in [2.45, 2.75) is 38.4 Å². The summed E-state index contributed by atoms with van der Waals surface area (Å²) in [4.78, 5) is 13.3. The molecule has 4 nitrogen and oxygen atoms in total. The van der Waals surface area contributed by atoms with Gasteiger partial charge in [-0.1, -0.05) is 0 Å². The Kier molecular flexibility index (Phi) is 3.01. The standard InChI is InChI=1S/C12H18N2O2/c1-9(13(2)10-5-6-10)8-14-7-3-4-11(14)12(15)16/h3-4,7,9-10H,5-6,8H2,1-2H3,(H,15,16). The van der Waals surface area contributed by atoms with Crippen molar-refractivity contribution >= 4 is 5.97 Å². The Morgan fingerprint density at radius 1 is 1.69 bits per heavy atom. The molecule has 1 aromatic heterocycles. The second kappa shape index (κ2) is 4.29. The first-order valence-electron chi connectivity index (χ1n) is 5.70. The number of aromatic carboxylic acids is 1. The summed E-state index contributed by atoms with van der Waals surface area (Å²) in [6, 6.07) is 4.51. The average molecular weight is 222 g/mol. The molecule has 0 spiro atoms. The fourth-order valence-corrected chi connectivity index (χ4v) is 2.02. The van der Waals surface area contributed by atoms with Crippen LogP contribution in [-0.2, 0) is 6.54 Å². The summed E-state index contributed by atoms with van der Waals surface area (Å²) in [5.41, 5.74) is 0.371. The van der Waals surface area contributed by atoms with E-state index in [1.165, 1.54) is 12.8 Å². The van der Waals surface area contributed by atoms with Gasteiger partial charge in [-0.25, -0.2) is 4.79 Å². The zero-order chi connectivity index (χ0) is 11.7. The highest BCUT2D eigenvalue weighted by atomic mass is 16.4. The number of likely N-dealkylation sites (N-methyl/N-ethyl adjacent to an activating group) is 1. The van der Waals surface area contributed by atoms with Crippen molar-refractivity contribution in [1.29, 1.82) is 0 Å². The summed E-state index contributed by atoms with van der Waals surface area (Å²) < 4.78 is 1.81. The molecule has 1 N–H and O–H groups in total.